The van der Waals surface area contributed by atoms with Gasteiger partial charge in [-0.2, -0.15) is 0 Å². The molecule has 2 N–H and O–H groups in total. The molecular formula is C16H26N2. The number of benzene rings is 1. The van der Waals surface area contributed by atoms with Crippen molar-refractivity contribution in [2.75, 3.05) is 19.6 Å². The van der Waals surface area contributed by atoms with Crippen LogP contribution in [0.2, 0.25) is 0 Å². The molecule has 0 atom stereocenters. The van der Waals surface area contributed by atoms with Gasteiger partial charge in [-0.1, -0.05) is 44.2 Å². The molecule has 0 aliphatic carbocycles. The van der Waals surface area contributed by atoms with Crippen molar-refractivity contribution in [2.45, 2.75) is 39.2 Å². The van der Waals surface area contributed by atoms with Crippen molar-refractivity contribution in [1.29, 1.82) is 0 Å². The van der Waals surface area contributed by atoms with Crippen molar-refractivity contribution in [3.05, 3.63) is 35.9 Å². The second-order valence-corrected chi connectivity index (χ2v) is 6.23. The van der Waals surface area contributed by atoms with Crippen molar-refractivity contribution < 1.29 is 0 Å². The van der Waals surface area contributed by atoms with E-state index in [0.717, 1.165) is 26.1 Å². The zero-order valence-corrected chi connectivity index (χ0v) is 11.7. The van der Waals surface area contributed by atoms with Crippen LogP contribution in [-0.4, -0.2) is 25.7 Å². The second-order valence-electron chi connectivity index (χ2n) is 6.23. The quantitative estimate of drug-likeness (QED) is 0.834. The Balaban J connectivity index is 1.79. The van der Waals surface area contributed by atoms with Crippen LogP contribution >= 0.6 is 0 Å². The Hall–Kier alpha value is -0.860. The van der Waals surface area contributed by atoms with Crippen LogP contribution in [0.4, 0.5) is 0 Å². The highest BCUT2D eigenvalue weighted by Gasteiger charge is 2.21. The molecule has 0 unspecified atom stereocenters. The standard InChI is InChI=1S/C16H26N2/c1-16(2,12-14-6-4-3-5-7-14)13-18-15-8-10-17-11-9-15/h3-7,15,17-18H,8-13H2,1-2H3. The summed E-state index contributed by atoms with van der Waals surface area (Å²) in [4.78, 5) is 0. The third-order valence-corrected chi connectivity index (χ3v) is 3.73. The molecule has 0 spiro atoms. The lowest BCUT2D eigenvalue weighted by atomic mass is 9.85. The Kier molecular flexibility index (Phi) is 4.79. The number of hydrogen-bond donors (Lipinski definition) is 2. The highest BCUT2D eigenvalue weighted by atomic mass is 15.0. The third-order valence-electron chi connectivity index (χ3n) is 3.73. The van der Waals surface area contributed by atoms with Gasteiger partial charge in [0.25, 0.3) is 0 Å². The first-order chi connectivity index (χ1) is 8.66. The monoisotopic (exact) mass is 246 g/mol. The van der Waals surface area contributed by atoms with E-state index < -0.39 is 0 Å². The highest BCUT2D eigenvalue weighted by Crippen LogP contribution is 2.21. The van der Waals surface area contributed by atoms with E-state index >= 15 is 0 Å². The summed E-state index contributed by atoms with van der Waals surface area (Å²) in [6, 6.07) is 11.5. The third kappa shape index (κ3) is 4.43. The minimum Gasteiger partial charge on any atom is -0.317 e. The van der Waals surface area contributed by atoms with Gasteiger partial charge in [0.1, 0.15) is 0 Å². The van der Waals surface area contributed by atoms with E-state index in [1.807, 2.05) is 0 Å². The fourth-order valence-electron chi connectivity index (χ4n) is 2.66. The maximum absolute atomic E-state index is 3.74. The van der Waals surface area contributed by atoms with Crippen molar-refractivity contribution in [2.24, 2.45) is 5.41 Å². The normalized spacial score (nSPS) is 17.9. The van der Waals surface area contributed by atoms with E-state index in [9.17, 15) is 0 Å². The highest BCUT2D eigenvalue weighted by molar-refractivity contribution is 5.16. The zero-order valence-electron chi connectivity index (χ0n) is 11.7. The van der Waals surface area contributed by atoms with Gasteiger partial charge in [0.05, 0.1) is 0 Å². The number of piperidine rings is 1. The fourth-order valence-corrected chi connectivity index (χ4v) is 2.66. The van der Waals surface area contributed by atoms with Gasteiger partial charge in [-0.05, 0) is 43.3 Å². The molecule has 0 saturated carbocycles. The Bertz CT molecular complexity index is 339. The van der Waals surface area contributed by atoms with Gasteiger partial charge < -0.3 is 10.6 Å². The van der Waals surface area contributed by atoms with Crippen molar-refractivity contribution in [1.82, 2.24) is 10.6 Å². The molecule has 2 rings (SSSR count). The molecule has 1 fully saturated rings. The molecule has 1 aromatic carbocycles. The summed E-state index contributed by atoms with van der Waals surface area (Å²) in [6.45, 7) is 8.14. The largest absolute Gasteiger partial charge is 0.317 e. The summed E-state index contributed by atoms with van der Waals surface area (Å²) in [5.74, 6) is 0. The molecule has 0 aromatic heterocycles. The Morgan fingerprint density at radius 1 is 1.17 bits per heavy atom. The maximum Gasteiger partial charge on any atom is 0.00914 e. The lowest BCUT2D eigenvalue weighted by Gasteiger charge is -2.30. The second kappa shape index (κ2) is 6.35. The molecule has 18 heavy (non-hydrogen) atoms. The number of rotatable bonds is 5. The molecule has 2 heteroatoms. The minimum atomic E-state index is 0.326. The SMILES string of the molecule is CC(C)(CNC1CCNCC1)Cc1ccccc1. The molecule has 100 valence electrons. The Morgan fingerprint density at radius 3 is 2.50 bits per heavy atom. The van der Waals surface area contributed by atoms with Gasteiger partial charge in [-0.3, -0.25) is 0 Å². The van der Waals surface area contributed by atoms with Gasteiger partial charge in [0.15, 0.2) is 0 Å². The molecule has 0 amide bonds. The lowest BCUT2D eigenvalue weighted by molar-refractivity contribution is 0.291. The summed E-state index contributed by atoms with van der Waals surface area (Å²) < 4.78 is 0. The predicted octanol–water partition coefficient (Wildman–Crippen LogP) is 2.60. The molecule has 1 aliphatic rings. The maximum atomic E-state index is 3.74. The lowest BCUT2D eigenvalue weighted by Crippen LogP contribution is -2.43. The van der Waals surface area contributed by atoms with Gasteiger partial charge in [-0.25, -0.2) is 0 Å². The van der Waals surface area contributed by atoms with Crippen LogP contribution in [0.25, 0.3) is 0 Å². The van der Waals surface area contributed by atoms with Crippen molar-refractivity contribution >= 4 is 0 Å². The van der Waals surface area contributed by atoms with Gasteiger partial charge in [0.2, 0.25) is 0 Å². The summed E-state index contributed by atoms with van der Waals surface area (Å²) in [6.07, 6.45) is 3.68. The van der Waals surface area contributed by atoms with E-state index in [-0.39, 0.29) is 0 Å². The topological polar surface area (TPSA) is 24.1 Å². The van der Waals surface area contributed by atoms with Gasteiger partial charge in [-0.15, -0.1) is 0 Å². The van der Waals surface area contributed by atoms with E-state index in [1.54, 1.807) is 0 Å². The Morgan fingerprint density at radius 2 is 1.83 bits per heavy atom. The molecule has 1 aromatic rings. The first-order valence-electron chi connectivity index (χ1n) is 7.14. The molecule has 2 nitrogen and oxygen atoms in total. The minimum absolute atomic E-state index is 0.326. The van der Waals surface area contributed by atoms with Crippen molar-refractivity contribution in [3.63, 3.8) is 0 Å². The average Bonchev–Trinajstić information content (AvgIpc) is 2.38. The van der Waals surface area contributed by atoms with E-state index in [0.29, 0.717) is 11.5 Å². The van der Waals surface area contributed by atoms with Crippen LogP contribution in [0, 0.1) is 5.41 Å². The molecule has 1 saturated heterocycles. The van der Waals surface area contributed by atoms with E-state index in [1.165, 1.54) is 18.4 Å². The zero-order chi connectivity index (χ0) is 12.8. The first-order valence-corrected chi connectivity index (χ1v) is 7.14. The molecule has 0 radical (unpaired) electrons. The van der Waals surface area contributed by atoms with Crippen LogP contribution in [0.3, 0.4) is 0 Å². The fraction of sp³-hybridized carbons (Fsp3) is 0.625. The number of hydrogen-bond acceptors (Lipinski definition) is 2. The van der Waals surface area contributed by atoms with Gasteiger partial charge >= 0.3 is 0 Å². The van der Waals surface area contributed by atoms with Crippen molar-refractivity contribution in [3.8, 4) is 0 Å². The van der Waals surface area contributed by atoms with Crippen LogP contribution < -0.4 is 10.6 Å². The van der Waals surface area contributed by atoms with Crippen LogP contribution in [0.5, 0.6) is 0 Å². The summed E-state index contributed by atoms with van der Waals surface area (Å²) in [5.41, 5.74) is 1.77. The molecule has 1 aliphatic heterocycles. The van der Waals surface area contributed by atoms with E-state index in [4.69, 9.17) is 0 Å². The number of nitrogens with one attached hydrogen (secondary N) is 2. The molecular weight excluding hydrogens is 220 g/mol. The first kappa shape index (κ1) is 13.6. The van der Waals surface area contributed by atoms with Crippen LogP contribution in [0.1, 0.15) is 32.3 Å². The van der Waals surface area contributed by atoms with Crippen LogP contribution in [0.15, 0.2) is 30.3 Å². The smallest absolute Gasteiger partial charge is 0.00914 e. The molecule has 1 heterocycles. The predicted molar refractivity (Wildman–Crippen MR) is 77.8 cm³/mol. The van der Waals surface area contributed by atoms with Gasteiger partial charge in [0, 0.05) is 12.6 Å². The molecule has 0 bridgehead atoms. The average molecular weight is 246 g/mol. The summed E-state index contributed by atoms with van der Waals surface area (Å²) >= 11 is 0. The van der Waals surface area contributed by atoms with E-state index in [2.05, 4.69) is 54.8 Å². The van der Waals surface area contributed by atoms with Crippen LogP contribution in [-0.2, 0) is 6.42 Å². The Labute approximate surface area is 111 Å². The summed E-state index contributed by atoms with van der Waals surface area (Å²) in [5, 5.41) is 7.15. The summed E-state index contributed by atoms with van der Waals surface area (Å²) in [7, 11) is 0.